The van der Waals surface area contributed by atoms with Gasteiger partial charge in [0.15, 0.2) is 0 Å². The molecule has 0 saturated carbocycles. The van der Waals surface area contributed by atoms with Crippen molar-refractivity contribution in [3.63, 3.8) is 0 Å². The van der Waals surface area contributed by atoms with Gasteiger partial charge in [-0.3, -0.25) is 0 Å². The number of thiazole rings is 1. The van der Waals surface area contributed by atoms with Crippen molar-refractivity contribution in [3.05, 3.63) is 16.1 Å². The first-order valence-electron chi connectivity index (χ1n) is 6.39. The molecule has 0 radical (unpaired) electrons. The van der Waals surface area contributed by atoms with Crippen LogP contribution in [0.4, 0.5) is 0 Å². The summed E-state index contributed by atoms with van der Waals surface area (Å²) in [7, 11) is 0. The van der Waals surface area contributed by atoms with Crippen LogP contribution in [0.15, 0.2) is 6.20 Å². The molecule has 3 nitrogen and oxygen atoms in total. The topological polar surface area (TPSA) is 34.2 Å². The maximum atomic E-state index is 5.53. The molecule has 0 bridgehead atoms. The van der Waals surface area contributed by atoms with Gasteiger partial charge in [-0.1, -0.05) is 20.8 Å². The molecular weight excluding hydrogens is 232 g/mol. The Bertz CT molecular complexity index is 312. The lowest BCUT2D eigenvalue weighted by molar-refractivity contribution is 0.110. The van der Waals surface area contributed by atoms with Gasteiger partial charge in [0.2, 0.25) is 0 Å². The first-order valence-corrected chi connectivity index (χ1v) is 7.20. The van der Waals surface area contributed by atoms with Gasteiger partial charge in [0.25, 0.3) is 0 Å². The summed E-state index contributed by atoms with van der Waals surface area (Å²) in [6.07, 6.45) is 3.05. The molecule has 0 aliphatic heterocycles. The fourth-order valence-electron chi connectivity index (χ4n) is 1.44. The lowest BCUT2D eigenvalue weighted by atomic mass is 10.2. The fraction of sp³-hybridized carbons (Fsp3) is 0.769. The molecular formula is C13H24N2OS. The van der Waals surface area contributed by atoms with Crippen molar-refractivity contribution < 1.29 is 4.74 Å². The SMILES string of the molecule is CCc1cnc(C(C)NCCOCC(C)C)s1. The Hall–Kier alpha value is -0.450. The lowest BCUT2D eigenvalue weighted by Crippen LogP contribution is -2.23. The van der Waals surface area contributed by atoms with E-state index in [2.05, 4.69) is 38.0 Å². The second-order valence-corrected chi connectivity index (χ2v) is 5.81. The molecule has 98 valence electrons. The number of nitrogens with zero attached hydrogens (tertiary/aromatic N) is 1. The summed E-state index contributed by atoms with van der Waals surface area (Å²) in [5.41, 5.74) is 0. The predicted molar refractivity (Wildman–Crippen MR) is 73.6 cm³/mol. The highest BCUT2D eigenvalue weighted by atomic mass is 32.1. The zero-order valence-electron chi connectivity index (χ0n) is 11.3. The molecule has 4 heteroatoms. The third-order valence-electron chi connectivity index (χ3n) is 2.44. The van der Waals surface area contributed by atoms with Crippen LogP contribution in [-0.2, 0) is 11.2 Å². The van der Waals surface area contributed by atoms with E-state index in [1.807, 2.05) is 6.20 Å². The quantitative estimate of drug-likeness (QED) is 0.726. The van der Waals surface area contributed by atoms with Gasteiger partial charge in [-0.05, 0) is 19.3 Å². The second kappa shape index (κ2) is 7.80. The molecule has 1 aromatic heterocycles. The minimum atomic E-state index is 0.322. The van der Waals surface area contributed by atoms with Crippen molar-refractivity contribution in [2.24, 2.45) is 5.92 Å². The van der Waals surface area contributed by atoms with Crippen LogP contribution in [-0.4, -0.2) is 24.7 Å². The van der Waals surface area contributed by atoms with Crippen molar-refractivity contribution in [1.29, 1.82) is 0 Å². The number of ether oxygens (including phenoxy) is 1. The van der Waals surface area contributed by atoms with E-state index in [4.69, 9.17) is 4.74 Å². The van der Waals surface area contributed by atoms with Crippen molar-refractivity contribution >= 4 is 11.3 Å². The van der Waals surface area contributed by atoms with Crippen LogP contribution in [0.5, 0.6) is 0 Å². The summed E-state index contributed by atoms with van der Waals surface area (Å²) in [6.45, 7) is 11.1. The third kappa shape index (κ3) is 5.61. The van der Waals surface area contributed by atoms with E-state index in [-0.39, 0.29) is 0 Å². The smallest absolute Gasteiger partial charge is 0.109 e. The zero-order valence-corrected chi connectivity index (χ0v) is 12.1. The van der Waals surface area contributed by atoms with Gasteiger partial charge in [0.05, 0.1) is 12.6 Å². The van der Waals surface area contributed by atoms with E-state index in [9.17, 15) is 0 Å². The fourth-order valence-corrected chi connectivity index (χ4v) is 2.32. The number of rotatable bonds is 8. The highest BCUT2D eigenvalue weighted by molar-refractivity contribution is 7.11. The number of hydrogen-bond donors (Lipinski definition) is 1. The first kappa shape index (κ1) is 14.6. The van der Waals surface area contributed by atoms with E-state index in [0.29, 0.717) is 12.0 Å². The highest BCUT2D eigenvalue weighted by Crippen LogP contribution is 2.19. The molecule has 1 atom stereocenters. The maximum absolute atomic E-state index is 5.53. The van der Waals surface area contributed by atoms with Gasteiger partial charge in [-0.15, -0.1) is 11.3 Å². The lowest BCUT2D eigenvalue weighted by Gasteiger charge is -2.12. The first-order chi connectivity index (χ1) is 8.13. The maximum Gasteiger partial charge on any atom is 0.109 e. The van der Waals surface area contributed by atoms with Gasteiger partial charge < -0.3 is 10.1 Å². The van der Waals surface area contributed by atoms with Crippen LogP contribution in [0.1, 0.15) is 43.6 Å². The van der Waals surface area contributed by atoms with E-state index in [1.165, 1.54) is 9.88 Å². The largest absolute Gasteiger partial charge is 0.380 e. The molecule has 0 spiro atoms. The third-order valence-corrected chi connectivity index (χ3v) is 3.76. The molecule has 0 aliphatic rings. The Labute approximate surface area is 109 Å². The molecule has 0 saturated heterocycles. The Morgan fingerprint density at radius 3 is 2.76 bits per heavy atom. The highest BCUT2D eigenvalue weighted by Gasteiger charge is 2.08. The number of nitrogens with one attached hydrogen (secondary N) is 1. The van der Waals surface area contributed by atoms with Crippen LogP contribution in [0.3, 0.4) is 0 Å². The van der Waals surface area contributed by atoms with E-state index >= 15 is 0 Å². The summed E-state index contributed by atoms with van der Waals surface area (Å²) in [5.74, 6) is 0.610. The van der Waals surface area contributed by atoms with Gasteiger partial charge in [-0.2, -0.15) is 0 Å². The Balaban J connectivity index is 2.18. The van der Waals surface area contributed by atoms with Crippen LogP contribution in [0, 0.1) is 5.92 Å². The Morgan fingerprint density at radius 2 is 2.18 bits per heavy atom. The van der Waals surface area contributed by atoms with E-state index in [1.54, 1.807) is 11.3 Å². The standard InChI is InChI=1S/C13H24N2OS/c1-5-12-8-15-13(17-12)11(4)14-6-7-16-9-10(2)3/h8,10-11,14H,5-7,9H2,1-4H3. The van der Waals surface area contributed by atoms with Gasteiger partial charge >= 0.3 is 0 Å². The molecule has 17 heavy (non-hydrogen) atoms. The van der Waals surface area contributed by atoms with E-state index in [0.717, 1.165) is 26.2 Å². The molecule has 0 fully saturated rings. The molecule has 1 aromatic rings. The normalized spacial score (nSPS) is 13.2. The number of hydrogen-bond acceptors (Lipinski definition) is 4. The molecule has 1 unspecified atom stereocenters. The molecule has 0 aliphatic carbocycles. The monoisotopic (exact) mass is 256 g/mol. The van der Waals surface area contributed by atoms with Crippen LogP contribution in [0.2, 0.25) is 0 Å². The van der Waals surface area contributed by atoms with Gasteiger partial charge in [0.1, 0.15) is 5.01 Å². The predicted octanol–water partition coefficient (Wildman–Crippen LogP) is 3.03. The summed E-state index contributed by atoms with van der Waals surface area (Å²) >= 11 is 1.80. The molecule has 1 rings (SSSR count). The van der Waals surface area contributed by atoms with Crippen molar-refractivity contribution in [3.8, 4) is 0 Å². The average molecular weight is 256 g/mol. The molecule has 0 amide bonds. The number of aryl methyl sites for hydroxylation is 1. The minimum Gasteiger partial charge on any atom is -0.380 e. The van der Waals surface area contributed by atoms with E-state index < -0.39 is 0 Å². The Morgan fingerprint density at radius 1 is 1.41 bits per heavy atom. The minimum absolute atomic E-state index is 0.322. The van der Waals surface area contributed by atoms with Crippen LogP contribution in [0.25, 0.3) is 0 Å². The van der Waals surface area contributed by atoms with Crippen molar-refractivity contribution in [2.75, 3.05) is 19.8 Å². The van der Waals surface area contributed by atoms with Gasteiger partial charge in [0, 0.05) is 24.2 Å². The van der Waals surface area contributed by atoms with Crippen molar-refractivity contribution in [2.45, 2.75) is 40.2 Å². The van der Waals surface area contributed by atoms with Crippen molar-refractivity contribution in [1.82, 2.24) is 10.3 Å². The second-order valence-electron chi connectivity index (χ2n) is 4.66. The average Bonchev–Trinajstić information content (AvgIpc) is 2.76. The summed E-state index contributed by atoms with van der Waals surface area (Å²) < 4.78 is 5.53. The summed E-state index contributed by atoms with van der Waals surface area (Å²) in [4.78, 5) is 5.78. The van der Waals surface area contributed by atoms with Crippen LogP contribution < -0.4 is 5.32 Å². The summed E-state index contributed by atoms with van der Waals surface area (Å²) in [5, 5.41) is 4.60. The van der Waals surface area contributed by atoms with Gasteiger partial charge in [-0.25, -0.2) is 4.98 Å². The molecule has 1 heterocycles. The zero-order chi connectivity index (χ0) is 12.7. The number of aromatic nitrogens is 1. The molecule has 1 N–H and O–H groups in total. The van der Waals surface area contributed by atoms with Crippen LogP contribution >= 0.6 is 11.3 Å². The molecule has 0 aromatic carbocycles. The summed E-state index contributed by atoms with van der Waals surface area (Å²) in [6, 6.07) is 0.322. The Kier molecular flexibility index (Phi) is 6.70.